The van der Waals surface area contributed by atoms with E-state index in [2.05, 4.69) is 131 Å². The van der Waals surface area contributed by atoms with Crippen LogP contribution in [0.25, 0.3) is 6.08 Å². The van der Waals surface area contributed by atoms with E-state index < -0.39 is 0 Å². The molecule has 2 aromatic rings. The van der Waals surface area contributed by atoms with Gasteiger partial charge in [-0.2, -0.15) is 0 Å². The van der Waals surface area contributed by atoms with Gasteiger partial charge in [-0.15, -0.1) is 0 Å². The van der Waals surface area contributed by atoms with E-state index >= 15 is 0 Å². The smallest absolute Gasteiger partial charge is 0.0240 e. The third-order valence-electron chi connectivity index (χ3n) is 8.28. The first kappa shape index (κ1) is 36.9. The molecule has 0 fully saturated rings. The molecule has 1 N–H and O–H groups in total. The highest BCUT2D eigenvalue weighted by Crippen LogP contribution is 2.25. The molecular formula is C39H60N3P. The minimum absolute atomic E-state index is 0.292. The Labute approximate surface area is 266 Å². The van der Waals surface area contributed by atoms with Crippen molar-refractivity contribution in [2.45, 2.75) is 79.7 Å². The van der Waals surface area contributed by atoms with Gasteiger partial charge in [0.05, 0.1) is 0 Å². The molecule has 4 heteroatoms. The molecule has 0 aromatic heterocycles. The van der Waals surface area contributed by atoms with Crippen molar-refractivity contribution in [1.82, 2.24) is 14.9 Å². The monoisotopic (exact) mass is 601 g/mol. The minimum Gasteiger partial charge on any atom is -0.298 e. The molecule has 2 aromatic carbocycles. The predicted molar refractivity (Wildman–Crippen MR) is 196 cm³/mol. The second kappa shape index (κ2) is 20.6. The number of nitrogens with one attached hydrogen (secondary N) is 1. The zero-order valence-electron chi connectivity index (χ0n) is 28.5. The molecule has 3 nitrogen and oxygen atoms in total. The molecule has 2 rings (SSSR count). The SMILES string of the molecule is C=C/C(=C\C=C/C)CN(CCC)CCN(CCCCc1cc(CC)cc(P(C)NC)c1)Cc1cc(C)cc(CC)c1C=C. The van der Waals surface area contributed by atoms with Gasteiger partial charge < -0.3 is 0 Å². The Bertz CT molecular complexity index is 1200. The van der Waals surface area contributed by atoms with Crippen molar-refractivity contribution in [2.75, 3.05) is 46.4 Å². The van der Waals surface area contributed by atoms with Crippen molar-refractivity contribution in [2.24, 2.45) is 0 Å². The molecular weight excluding hydrogens is 541 g/mol. The van der Waals surface area contributed by atoms with E-state index in [1.165, 1.54) is 57.1 Å². The van der Waals surface area contributed by atoms with Crippen LogP contribution in [-0.4, -0.2) is 56.2 Å². The van der Waals surface area contributed by atoms with E-state index in [-0.39, 0.29) is 8.07 Å². The van der Waals surface area contributed by atoms with Gasteiger partial charge in [0.25, 0.3) is 0 Å². The zero-order valence-corrected chi connectivity index (χ0v) is 29.4. The number of benzene rings is 2. The average molecular weight is 602 g/mol. The number of rotatable bonds is 21. The number of hydrogen-bond donors (Lipinski definition) is 1. The zero-order chi connectivity index (χ0) is 31.6. The van der Waals surface area contributed by atoms with E-state index in [1.807, 2.05) is 6.08 Å². The normalized spacial score (nSPS) is 12.9. The fraction of sp³-hybridized carbons (Fsp3) is 0.487. The molecule has 0 radical (unpaired) electrons. The highest BCUT2D eigenvalue weighted by Gasteiger charge is 2.14. The van der Waals surface area contributed by atoms with Crippen molar-refractivity contribution >= 4 is 19.5 Å². The van der Waals surface area contributed by atoms with E-state index in [0.717, 1.165) is 65.0 Å². The molecule has 0 aliphatic heterocycles. The third kappa shape index (κ3) is 12.7. The van der Waals surface area contributed by atoms with Crippen LogP contribution in [0.3, 0.4) is 0 Å². The van der Waals surface area contributed by atoms with Gasteiger partial charge in [0.1, 0.15) is 0 Å². The molecule has 1 atom stereocenters. The molecule has 43 heavy (non-hydrogen) atoms. The fourth-order valence-corrected chi connectivity index (χ4v) is 6.74. The first-order chi connectivity index (χ1) is 20.8. The summed E-state index contributed by atoms with van der Waals surface area (Å²) in [5, 5.41) is 4.95. The predicted octanol–water partition coefficient (Wildman–Crippen LogP) is 8.86. The number of allylic oxidation sites excluding steroid dienone is 3. The maximum Gasteiger partial charge on any atom is 0.0240 e. The topological polar surface area (TPSA) is 18.5 Å². The fourth-order valence-electron chi connectivity index (χ4n) is 5.76. The van der Waals surface area contributed by atoms with Gasteiger partial charge in [0.2, 0.25) is 0 Å². The molecule has 0 saturated carbocycles. The lowest BCUT2D eigenvalue weighted by molar-refractivity contribution is 0.204. The summed E-state index contributed by atoms with van der Waals surface area (Å²) >= 11 is 0. The van der Waals surface area contributed by atoms with Gasteiger partial charge in [0.15, 0.2) is 0 Å². The molecule has 0 bridgehead atoms. The lowest BCUT2D eigenvalue weighted by Crippen LogP contribution is -2.37. The van der Waals surface area contributed by atoms with Gasteiger partial charge in [-0.3, -0.25) is 14.9 Å². The quantitative estimate of drug-likeness (QED) is 0.0876. The summed E-state index contributed by atoms with van der Waals surface area (Å²) in [4.78, 5) is 5.28. The van der Waals surface area contributed by atoms with Crippen LogP contribution >= 0.6 is 8.07 Å². The van der Waals surface area contributed by atoms with E-state index in [1.54, 1.807) is 0 Å². The van der Waals surface area contributed by atoms with Crippen molar-refractivity contribution in [1.29, 1.82) is 0 Å². The van der Waals surface area contributed by atoms with Crippen molar-refractivity contribution in [3.05, 3.63) is 107 Å². The summed E-state index contributed by atoms with van der Waals surface area (Å²) in [6, 6.07) is 12.0. The molecule has 0 spiro atoms. The van der Waals surface area contributed by atoms with Crippen molar-refractivity contribution < 1.29 is 0 Å². The Morgan fingerprint density at radius 1 is 0.884 bits per heavy atom. The number of unbranched alkanes of at least 4 members (excludes halogenated alkanes) is 1. The van der Waals surface area contributed by atoms with Gasteiger partial charge >= 0.3 is 0 Å². The summed E-state index contributed by atoms with van der Waals surface area (Å²) in [7, 11) is 1.78. The maximum atomic E-state index is 4.20. The highest BCUT2D eigenvalue weighted by atomic mass is 31.1. The number of hydrogen-bond acceptors (Lipinski definition) is 3. The lowest BCUT2D eigenvalue weighted by Gasteiger charge is -2.29. The van der Waals surface area contributed by atoms with E-state index in [4.69, 9.17) is 0 Å². The van der Waals surface area contributed by atoms with Crippen LogP contribution in [0.15, 0.2) is 73.4 Å². The molecule has 0 amide bonds. The van der Waals surface area contributed by atoms with Crippen LogP contribution in [0.2, 0.25) is 0 Å². The number of aryl methyl sites for hydroxylation is 4. The van der Waals surface area contributed by atoms with Crippen LogP contribution in [0, 0.1) is 6.92 Å². The standard InChI is InChI=1S/C39H60N3P/c1-10-16-19-33(12-3)30-41(21-11-2)23-24-42(31-37-26-32(7)25-36(14-5)39(37)15-6)22-18-17-20-35-27-34(13-4)28-38(29-35)43(9)40-8/h10,12,15-16,19,25-29,40H,3,6,11,13-14,17-18,20-24,30-31H2,1-2,4-5,7-9H3/b16-10-,33-19+. The Hall–Kier alpha value is -2.29. The lowest BCUT2D eigenvalue weighted by atomic mass is 9.96. The largest absolute Gasteiger partial charge is 0.298 e. The Kier molecular flexibility index (Phi) is 17.7. The third-order valence-corrected chi connectivity index (χ3v) is 9.98. The van der Waals surface area contributed by atoms with Crippen LogP contribution in [0.4, 0.5) is 0 Å². The Balaban J connectivity index is 2.21. The summed E-state index contributed by atoms with van der Waals surface area (Å²) in [5.41, 5.74) is 9.73. The van der Waals surface area contributed by atoms with E-state index in [0.29, 0.717) is 0 Å². The second-order valence-electron chi connectivity index (χ2n) is 11.7. The van der Waals surface area contributed by atoms with Crippen molar-refractivity contribution in [3.63, 3.8) is 0 Å². The van der Waals surface area contributed by atoms with Gasteiger partial charge in [0, 0.05) is 26.2 Å². The van der Waals surface area contributed by atoms with Crippen LogP contribution in [0.1, 0.15) is 80.3 Å². The molecule has 236 valence electrons. The summed E-state index contributed by atoms with van der Waals surface area (Å²) < 4.78 is 0. The second-order valence-corrected chi connectivity index (χ2v) is 13.8. The van der Waals surface area contributed by atoms with Crippen LogP contribution in [-0.2, 0) is 25.8 Å². The average Bonchev–Trinajstić information content (AvgIpc) is 3.02. The van der Waals surface area contributed by atoms with Gasteiger partial charge in [-0.05, 0) is 126 Å². The summed E-state index contributed by atoms with van der Waals surface area (Å²) in [6.07, 6.45) is 17.3. The first-order valence-corrected chi connectivity index (χ1v) is 18.3. The Morgan fingerprint density at radius 2 is 1.60 bits per heavy atom. The van der Waals surface area contributed by atoms with Gasteiger partial charge in [-0.25, -0.2) is 0 Å². The van der Waals surface area contributed by atoms with E-state index in [9.17, 15) is 0 Å². The summed E-state index contributed by atoms with van der Waals surface area (Å²) in [5.74, 6) is 0. The van der Waals surface area contributed by atoms with Gasteiger partial charge in [-0.1, -0.05) is 100 Å². The highest BCUT2D eigenvalue weighted by molar-refractivity contribution is 7.62. The molecule has 0 heterocycles. The molecule has 1 unspecified atom stereocenters. The molecule has 0 aliphatic carbocycles. The number of nitrogens with zero attached hydrogens (tertiary/aromatic N) is 2. The molecule has 0 saturated heterocycles. The Morgan fingerprint density at radius 3 is 2.23 bits per heavy atom. The minimum atomic E-state index is -0.292. The van der Waals surface area contributed by atoms with Crippen LogP contribution in [0.5, 0.6) is 0 Å². The van der Waals surface area contributed by atoms with Crippen LogP contribution < -0.4 is 10.4 Å². The summed E-state index contributed by atoms with van der Waals surface area (Å²) in [6.45, 7) is 27.9. The van der Waals surface area contributed by atoms with Crippen molar-refractivity contribution in [3.8, 4) is 0 Å². The first-order valence-electron chi connectivity index (χ1n) is 16.5. The molecule has 0 aliphatic rings. The maximum absolute atomic E-state index is 4.20.